The third-order valence-corrected chi connectivity index (χ3v) is 5.47. The quantitative estimate of drug-likeness (QED) is 0.454. The molecule has 0 aliphatic heterocycles. The zero-order chi connectivity index (χ0) is 22.3. The Morgan fingerprint density at radius 2 is 1.90 bits per heavy atom. The van der Waals surface area contributed by atoms with Crippen molar-refractivity contribution >= 4 is 23.6 Å². The molecule has 10 heteroatoms. The SMILES string of the molecule is CCOC(CC)OCC(C)(C)c1cc(NC(=O)C(C)(C)SCCC(F)(F)F)on1. The number of carbonyl (C=O) groups is 1. The van der Waals surface area contributed by atoms with Crippen molar-refractivity contribution in [1.29, 1.82) is 0 Å². The molecule has 0 aliphatic carbocycles. The van der Waals surface area contributed by atoms with E-state index in [0.29, 0.717) is 25.3 Å². The number of anilines is 1. The fourth-order valence-corrected chi connectivity index (χ4v) is 3.27. The standard InChI is InChI=1S/C19H31F3N2O4S/c1-7-15(26-8-2)27-12-17(3,4)13-11-14(28-24-13)23-16(25)18(5,6)29-10-9-19(20,21)22/h11,15H,7-10,12H2,1-6H3,(H,23,25). The Kier molecular flexibility index (Phi) is 9.49. The van der Waals surface area contributed by atoms with E-state index in [1.165, 1.54) is 0 Å². The van der Waals surface area contributed by atoms with Gasteiger partial charge in [0.15, 0.2) is 6.29 Å². The Bertz CT molecular complexity index is 648. The number of alkyl halides is 3. The highest BCUT2D eigenvalue weighted by molar-refractivity contribution is 8.01. The van der Waals surface area contributed by atoms with Crippen LogP contribution in [0.3, 0.4) is 0 Å². The van der Waals surface area contributed by atoms with Crippen LogP contribution in [0.1, 0.15) is 60.1 Å². The largest absolute Gasteiger partial charge is 0.389 e. The zero-order valence-electron chi connectivity index (χ0n) is 17.8. The molecule has 0 radical (unpaired) electrons. The summed E-state index contributed by atoms with van der Waals surface area (Å²) in [5, 5.41) is 6.58. The number of amides is 1. The molecule has 1 N–H and O–H groups in total. The Morgan fingerprint density at radius 1 is 1.24 bits per heavy atom. The third-order valence-electron chi connectivity index (χ3n) is 4.15. The van der Waals surface area contributed by atoms with Gasteiger partial charge in [-0.1, -0.05) is 25.9 Å². The summed E-state index contributed by atoms with van der Waals surface area (Å²) in [6.45, 7) is 11.7. The average molecular weight is 441 g/mol. The molecule has 0 saturated heterocycles. The van der Waals surface area contributed by atoms with Gasteiger partial charge in [-0.05, 0) is 27.2 Å². The molecule has 0 fully saturated rings. The van der Waals surface area contributed by atoms with Crippen LogP contribution in [-0.2, 0) is 19.7 Å². The first-order chi connectivity index (χ1) is 13.3. The van der Waals surface area contributed by atoms with Crippen LogP contribution >= 0.6 is 11.8 Å². The first-order valence-corrected chi connectivity index (χ1v) is 10.5. The number of hydrogen-bond donors (Lipinski definition) is 1. The fourth-order valence-electron chi connectivity index (χ4n) is 2.25. The van der Waals surface area contributed by atoms with Crippen molar-refractivity contribution in [2.24, 2.45) is 0 Å². The molecular weight excluding hydrogens is 409 g/mol. The van der Waals surface area contributed by atoms with Crippen molar-refractivity contribution in [2.75, 3.05) is 24.3 Å². The molecule has 6 nitrogen and oxygen atoms in total. The lowest BCUT2D eigenvalue weighted by molar-refractivity contribution is -0.149. The predicted molar refractivity (Wildman–Crippen MR) is 107 cm³/mol. The lowest BCUT2D eigenvalue weighted by Crippen LogP contribution is -2.34. The Hall–Kier alpha value is -1.26. The highest BCUT2D eigenvalue weighted by Gasteiger charge is 2.33. The van der Waals surface area contributed by atoms with E-state index < -0.39 is 28.7 Å². The number of halogens is 3. The number of hydrogen-bond acceptors (Lipinski definition) is 6. The summed E-state index contributed by atoms with van der Waals surface area (Å²) in [7, 11) is 0. The lowest BCUT2D eigenvalue weighted by atomic mass is 9.90. The van der Waals surface area contributed by atoms with E-state index in [1.54, 1.807) is 19.9 Å². The molecule has 0 aromatic carbocycles. The van der Waals surface area contributed by atoms with Crippen molar-refractivity contribution in [2.45, 2.75) is 77.0 Å². The molecule has 0 bridgehead atoms. The van der Waals surface area contributed by atoms with E-state index in [1.807, 2.05) is 27.7 Å². The van der Waals surface area contributed by atoms with Crippen molar-refractivity contribution < 1.29 is 32.0 Å². The van der Waals surface area contributed by atoms with Gasteiger partial charge in [-0.2, -0.15) is 13.2 Å². The van der Waals surface area contributed by atoms with Gasteiger partial charge in [0.1, 0.15) is 0 Å². The predicted octanol–water partition coefficient (Wildman–Crippen LogP) is 5.14. The van der Waals surface area contributed by atoms with Crippen LogP contribution in [0.15, 0.2) is 10.6 Å². The number of ether oxygens (including phenoxy) is 2. The molecule has 29 heavy (non-hydrogen) atoms. The van der Waals surface area contributed by atoms with Crippen LogP contribution in [0.5, 0.6) is 0 Å². The van der Waals surface area contributed by atoms with Gasteiger partial charge >= 0.3 is 6.18 Å². The summed E-state index contributed by atoms with van der Waals surface area (Å²) >= 11 is 0.936. The van der Waals surface area contributed by atoms with E-state index in [2.05, 4.69) is 10.5 Å². The van der Waals surface area contributed by atoms with Crippen LogP contribution in [0.2, 0.25) is 0 Å². The second-order valence-electron chi connectivity index (χ2n) is 7.74. The van der Waals surface area contributed by atoms with Crippen LogP contribution < -0.4 is 5.32 Å². The van der Waals surface area contributed by atoms with Gasteiger partial charge in [-0.15, -0.1) is 11.8 Å². The number of carbonyl (C=O) groups excluding carboxylic acids is 1. The average Bonchev–Trinajstić information content (AvgIpc) is 3.06. The maximum absolute atomic E-state index is 12.4. The summed E-state index contributed by atoms with van der Waals surface area (Å²) < 4.78 is 52.4. The van der Waals surface area contributed by atoms with Gasteiger partial charge in [0.25, 0.3) is 0 Å². The number of nitrogens with one attached hydrogen (secondary N) is 1. The minimum atomic E-state index is -4.24. The number of nitrogens with zero attached hydrogens (tertiary/aromatic N) is 1. The van der Waals surface area contributed by atoms with Crippen LogP contribution in [-0.4, -0.2) is 47.2 Å². The molecule has 0 aliphatic rings. The molecule has 1 aromatic heterocycles. The molecular formula is C19H31F3N2O4S. The number of thioether (sulfide) groups is 1. The Balaban J connectivity index is 2.66. The minimum absolute atomic E-state index is 0.138. The van der Waals surface area contributed by atoms with E-state index in [-0.39, 0.29) is 17.9 Å². The second kappa shape index (κ2) is 10.7. The van der Waals surface area contributed by atoms with Gasteiger partial charge in [0.2, 0.25) is 11.8 Å². The minimum Gasteiger partial charge on any atom is -0.353 e. The highest BCUT2D eigenvalue weighted by atomic mass is 32.2. The first kappa shape index (κ1) is 25.8. The third kappa shape index (κ3) is 8.96. The highest BCUT2D eigenvalue weighted by Crippen LogP contribution is 2.31. The first-order valence-electron chi connectivity index (χ1n) is 9.53. The van der Waals surface area contributed by atoms with Gasteiger partial charge in [-0.25, -0.2) is 0 Å². The van der Waals surface area contributed by atoms with E-state index >= 15 is 0 Å². The summed E-state index contributed by atoms with van der Waals surface area (Å²) in [6, 6.07) is 1.60. The number of rotatable bonds is 12. The van der Waals surface area contributed by atoms with Crippen molar-refractivity contribution in [3.05, 3.63) is 11.8 Å². The van der Waals surface area contributed by atoms with Crippen LogP contribution in [0, 0.1) is 0 Å². The lowest BCUT2D eigenvalue weighted by Gasteiger charge is -2.25. The van der Waals surface area contributed by atoms with Crippen molar-refractivity contribution in [3.63, 3.8) is 0 Å². The zero-order valence-corrected chi connectivity index (χ0v) is 18.6. The molecule has 1 aromatic rings. The maximum atomic E-state index is 12.4. The summed E-state index contributed by atoms with van der Waals surface area (Å²) in [6.07, 6.45) is -4.79. The van der Waals surface area contributed by atoms with Crippen LogP contribution in [0.25, 0.3) is 0 Å². The molecule has 1 unspecified atom stereocenters. The van der Waals surface area contributed by atoms with Crippen molar-refractivity contribution in [1.82, 2.24) is 5.16 Å². The normalized spacial score (nSPS) is 14.1. The van der Waals surface area contributed by atoms with Gasteiger partial charge in [0.05, 0.1) is 23.5 Å². The Labute approximate surface area is 174 Å². The van der Waals surface area contributed by atoms with Crippen molar-refractivity contribution in [3.8, 4) is 0 Å². The fraction of sp³-hybridized carbons (Fsp3) is 0.789. The van der Waals surface area contributed by atoms with Gasteiger partial charge in [-0.3, -0.25) is 10.1 Å². The second-order valence-corrected chi connectivity index (χ2v) is 9.46. The maximum Gasteiger partial charge on any atom is 0.389 e. The molecule has 0 saturated carbocycles. The van der Waals surface area contributed by atoms with E-state index in [0.717, 1.165) is 11.8 Å². The van der Waals surface area contributed by atoms with Crippen LogP contribution in [0.4, 0.5) is 19.1 Å². The topological polar surface area (TPSA) is 73.6 Å². The summed E-state index contributed by atoms with van der Waals surface area (Å²) in [5.74, 6) is -0.516. The molecule has 0 spiro atoms. The molecule has 1 rings (SSSR count). The monoisotopic (exact) mass is 440 g/mol. The van der Waals surface area contributed by atoms with Gasteiger partial charge < -0.3 is 14.0 Å². The van der Waals surface area contributed by atoms with Gasteiger partial charge in [0, 0.05) is 23.8 Å². The van der Waals surface area contributed by atoms with E-state index in [4.69, 9.17) is 14.0 Å². The summed E-state index contributed by atoms with van der Waals surface area (Å²) in [5.41, 5.74) is 0.0928. The molecule has 1 heterocycles. The molecule has 168 valence electrons. The number of aromatic nitrogens is 1. The molecule has 1 atom stereocenters. The smallest absolute Gasteiger partial charge is 0.353 e. The van der Waals surface area contributed by atoms with E-state index in [9.17, 15) is 18.0 Å². The molecule has 1 amide bonds. The summed E-state index contributed by atoms with van der Waals surface area (Å²) in [4.78, 5) is 12.4. The Morgan fingerprint density at radius 3 is 2.45 bits per heavy atom.